The van der Waals surface area contributed by atoms with E-state index in [9.17, 15) is 14.9 Å². The van der Waals surface area contributed by atoms with Crippen LogP contribution in [-0.2, 0) is 17.9 Å². The second-order valence-corrected chi connectivity index (χ2v) is 6.40. The minimum atomic E-state index is -0.559. The van der Waals surface area contributed by atoms with E-state index < -0.39 is 4.92 Å². The maximum Gasteiger partial charge on any atom is 0.288 e. The quantitative estimate of drug-likeness (QED) is 0.373. The number of nitrogens with zero attached hydrogens (tertiary/aromatic N) is 3. The Kier molecular flexibility index (Phi) is 6.18. The lowest BCUT2D eigenvalue weighted by Crippen LogP contribution is -2.21. The highest BCUT2D eigenvalue weighted by Crippen LogP contribution is 2.25. The maximum absolute atomic E-state index is 12.1. The van der Waals surface area contributed by atoms with E-state index in [0.29, 0.717) is 18.7 Å². The first kappa shape index (κ1) is 19.3. The molecule has 1 N–H and O–H groups in total. The van der Waals surface area contributed by atoms with Crippen LogP contribution in [0.15, 0.2) is 67.0 Å². The summed E-state index contributed by atoms with van der Waals surface area (Å²) in [5, 5.41) is 18.0. The third-order valence-electron chi connectivity index (χ3n) is 4.06. The highest BCUT2D eigenvalue weighted by atomic mass is 35.5. The summed E-state index contributed by atoms with van der Waals surface area (Å²) in [4.78, 5) is 22.5. The van der Waals surface area contributed by atoms with Crippen molar-refractivity contribution in [3.8, 4) is 0 Å². The molecule has 0 saturated heterocycles. The molecule has 7 nitrogen and oxygen atoms in total. The van der Waals surface area contributed by atoms with Crippen molar-refractivity contribution in [2.24, 2.45) is 0 Å². The van der Waals surface area contributed by atoms with Crippen LogP contribution in [0.25, 0.3) is 6.08 Å². The van der Waals surface area contributed by atoms with Gasteiger partial charge in [0.25, 0.3) is 5.69 Å². The van der Waals surface area contributed by atoms with E-state index in [1.165, 1.54) is 24.3 Å². The number of nitrogens with one attached hydrogen (secondary N) is 1. The molecule has 0 spiro atoms. The number of hydrogen-bond acceptors (Lipinski definition) is 4. The third kappa shape index (κ3) is 5.05. The molecule has 1 aromatic heterocycles. The lowest BCUT2D eigenvalue weighted by molar-refractivity contribution is -0.384. The number of nitro benzene ring substituents is 1. The van der Waals surface area contributed by atoms with Gasteiger partial charge < -0.3 is 5.32 Å². The Morgan fingerprint density at radius 3 is 2.71 bits per heavy atom. The Labute approximate surface area is 166 Å². The zero-order valence-electron chi connectivity index (χ0n) is 14.8. The number of aromatic nitrogens is 2. The Hall–Kier alpha value is -3.45. The molecule has 2 aromatic carbocycles. The predicted molar refractivity (Wildman–Crippen MR) is 107 cm³/mol. The molecule has 3 aromatic rings. The third-order valence-corrected chi connectivity index (χ3v) is 4.38. The monoisotopic (exact) mass is 396 g/mol. The SMILES string of the molecule is O=C(/C=C/c1ccc(Cl)c([N+](=O)[O-])c1)NCc1ccccc1Cn1cccn1. The van der Waals surface area contributed by atoms with Gasteiger partial charge in [-0.1, -0.05) is 41.9 Å². The molecule has 0 aliphatic heterocycles. The fourth-order valence-electron chi connectivity index (χ4n) is 2.64. The van der Waals surface area contributed by atoms with Crippen LogP contribution < -0.4 is 5.32 Å². The molecule has 1 amide bonds. The van der Waals surface area contributed by atoms with Crippen LogP contribution in [0.2, 0.25) is 5.02 Å². The first-order chi connectivity index (χ1) is 13.5. The fraction of sp³-hybridized carbons (Fsp3) is 0.100. The van der Waals surface area contributed by atoms with Crippen molar-refractivity contribution >= 4 is 29.3 Å². The Balaban J connectivity index is 1.63. The minimum Gasteiger partial charge on any atom is -0.348 e. The van der Waals surface area contributed by atoms with Crippen LogP contribution in [0, 0.1) is 10.1 Å². The molecule has 0 bridgehead atoms. The number of nitro groups is 1. The fourth-order valence-corrected chi connectivity index (χ4v) is 2.83. The maximum atomic E-state index is 12.1. The summed E-state index contributed by atoms with van der Waals surface area (Å²) in [6.07, 6.45) is 6.44. The highest BCUT2D eigenvalue weighted by Gasteiger charge is 2.11. The number of carbonyl (C=O) groups excluding carboxylic acids is 1. The van der Waals surface area contributed by atoms with E-state index in [4.69, 9.17) is 11.6 Å². The first-order valence-electron chi connectivity index (χ1n) is 8.47. The Morgan fingerprint density at radius 1 is 1.21 bits per heavy atom. The van der Waals surface area contributed by atoms with Crippen molar-refractivity contribution in [3.05, 3.63) is 98.8 Å². The summed E-state index contributed by atoms with van der Waals surface area (Å²) in [6, 6.07) is 14.0. The molecule has 0 fully saturated rings. The van der Waals surface area contributed by atoms with E-state index in [2.05, 4.69) is 10.4 Å². The minimum absolute atomic E-state index is 0.0559. The van der Waals surface area contributed by atoms with E-state index in [-0.39, 0.29) is 16.6 Å². The topological polar surface area (TPSA) is 90.1 Å². The molecule has 0 aliphatic rings. The summed E-state index contributed by atoms with van der Waals surface area (Å²) < 4.78 is 1.81. The van der Waals surface area contributed by atoms with E-state index in [1.54, 1.807) is 12.3 Å². The zero-order valence-corrected chi connectivity index (χ0v) is 15.5. The van der Waals surface area contributed by atoms with Crippen LogP contribution >= 0.6 is 11.6 Å². The molecule has 28 heavy (non-hydrogen) atoms. The van der Waals surface area contributed by atoms with Crippen LogP contribution in [0.4, 0.5) is 5.69 Å². The van der Waals surface area contributed by atoms with E-state index in [0.717, 1.165) is 11.1 Å². The highest BCUT2D eigenvalue weighted by molar-refractivity contribution is 6.32. The second kappa shape index (κ2) is 8.96. The van der Waals surface area contributed by atoms with Gasteiger partial charge in [-0.05, 0) is 34.9 Å². The van der Waals surface area contributed by atoms with Gasteiger partial charge in [0.1, 0.15) is 5.02 Å². The van der Waals surface area contributed by atoms with Crippen LogP contribution in [0.3, 0.4) is 0 Å². The van der Waals surface area contributed by atoms with E-state index in [1.807, 2.05) is 41.2 Å². The molecule has 1 heterocycles. The number of benzene rings is 2. The van der Waals surface area contributed by atoms with Crippen molar-refractivity contribution in [1.29, 1.82) is 0 Å². The zero-order chi connectivity index (χ0) is 19.9. The number of amides is 1. The van der Waals surface area contributed by atoms with Crippen molar-refractivity contribution in [3.63, 3.8) is 0 Å². The average Bonchev–Trinajstić information content (AvgIpc) is 3.19. The lowest BCUT2D eigenvalue weighted by atomic mass is 10.1. The summed E-state index contributed by atoms with van der Waals surface area (Å²) in [5.74, 6) is -0.300. The van der Waals surface area contributed by atoms with Gasteiger partial charge in [0.15, 0.2) is 0 Å². The smallest absolute Gasteiger partial charge is 0.288 e. The molecule has 0 saturated carbocycles. The summed E-state index contributed by atoms with van der Waals surface area (Å²) in [7, 11) is 0. The number of hydrogen-bond donors (Lipinski definition) is 1. The molecule has 0 atom stereocenters. The van der Waals surface area contributed by atoms with Crippen molar-refractivity contribution in [2.45, 2.75) is 13.1 Å². The Bertz CT molecular complexity index is 1020. The van der Waals surface area contributed by atoms with Gasteiger partial charge in [0, 0.05) is 31.1 Å². The van der Waals surface area contributed by atoms with Crippen molar-refractivity contribution in [2.75, 3.05) is 0 Å². The number of carbonyl (C=O) groups is 1. The Morgan fingerprint density at radius 2 is 2.00 bits per heavy atom. The second-order valence-electron chi connectivity index (χ2n) is 5.99. The van der Waals surface area contributed by atoms with Gasteiger partial charge in [0.05, 0.1) is 11.5 Å². The summed E-state index contributed by atoms with van der Waals surface area (Å²) in [5.41, 5.74) is 2.37. The largest absolute Gasteiger partial charge is 0.348 e. The van der Waals surface area contributed by atoms with Gasteiger partial charge in [-0.25, -0.2) is 0 Å². The molecule has 0 radical (unpaired) electrons. The summed E-state index contributed by atoms with van der Waals surface area (Å²) in [6.45, 7) is 0.977. The van der Waals surface area contributed by atoms with E-state index >= 15 is 0 Å². The summed E-state index contributed by atoms with van der Waals surface area (Å²) >= 11 is 5.79. The van der Waals surface area contributed by atoms with Gasteiger partial charge in [-0.15, -0.1) is 0 Å². The van der Waals surface area contributed by atoms with Crippen LogP contribution in [0.1, 0.15) is 16.7 Å². The molecular weight excluding hydrogens is 380 g/mol. The van der Waals surface area contributed by atoms with Crippen molar-refractivity contribution in [1.82, 2.24) is 15.1 Å². The van der Waals surface area contributed by atoms with Gasteiger partial charge in [0.2, 0.25) is 5.91 Å². The van der Waals surface area contributed by atoms with Crippen LogP contribution in [0.5, 0.6) is 0 Å². The predicted octanol–water partition coefficient (Wildman–Crippen LogP) is 3.82. The molecule has 8 heteroatoms. The molecule has 142 valence electrons. The number of halogens is 1. The average molecular weight is 397 g/mol. The molecule has 0 aliphatic carbocycles. The molecule has 3 rings (SSSR count). The van der Waals surface area contributed by atoms with Crippen LogP contribution in [-0.4, -0.2) is 20.6 Å². The first-order valence-corrected chi connectivity index (χ1v) is 8.85. The van der Waals surface area contributed by atoms with Crippen molar-refractivity contribution < 1.29 is 9.72 Å². The van der Waals surface area contributed by atoms with Gasteiger partial charge in [-0.3, -0.25) is 19.6 Å². The lowest BCUT2D eigenvalue weighted by Gasteiger charge is -2.10. The standard InChI is InChI=1S/C20H17ClN4O3/c21-18-8-6-15(12-19(18)25(27)28)7-9-20(26)22-13-16-4-1-2-5-17(16)14-24-11-3-10-23-24/h1-12H,13-14H2,(H,22,26)/b9-7+. The normalized spacial score (nSPS) is 10.9. The molecular formula is C20H17ClN4O3. The number of rotatable bonds is 7. The van der Waals surface area contributed by atoms with Gasteiger partial charge >= 0.3 is 0 Å². The van der Waals surface area contributed by atoms with Gasteiger partial charge in [-0.2, -0.15) is 5.10 Å². The molecule has 0 unspecified atom stereocenters.